The van der Waals surface area contributed by atoms with Crippen LogP contribution in [-0.4, -0.2) is 60.6 Å². The molecule has 0 bridgehead atoms. The van der Waals surface area contributed by atoms with Crippen LogP contribution in [0.25, 0.3) is 0 Å². The number of likely N-dealkylation sites (N-methyl/N-ethyl adjacent to an activating group) is 1. The Kier molecular flexibility index (Phi) is 8.84. The van der Waals surface area contributed by atoms with Gasteiger partial charge in [0.15, 0.2) is 0 Å². The average Bonchev–Trinajstić information content (AvgIpc) is 3.22. The molecule has 0 aromatic heterocycles. The van der Waals surface area contributed by atoms with Gasteiger partial charge in [0.25, 0.3) is 0 Å². The molecule has 204 valence electrons. The fourth-order valence-electron chi connectivity index (χ4n) is 5.82. The average molecular weight is 521 g/mol. The third-order valence-corrected chi connectivity index (χ3v) is 8.37. The molecular formula is C30H40N4O4. The summed E-state index contributed by atoms with van der Waals surface area (Å²) in [5.74, 6) is -0.722. The number of hydrogen-bond acceptors (Lipinski definition) is 5. The molecule has 38 heavy (non-hydrogen) atoms. The molecule has 2 aromatic rings. The molecule has 4 atom stereocenters. The van der Waals surface area contributed by atoms with Crippen molar-refractivity contribution in [3.8, 4) is 0 Å². The Hall–Kier alpha value is -3.23. The Morgan fingerprint density at radius 3 is 2.13 bits per heavy atom. The van der Waals surface area contributed by atoms with E-state index in [4.69, 9.17) is 4.74 Å². The van der Waals surface area contributed by atoms with Gasteiger partial charge in [0.05, 0.1) is 18.7 Å². The maximum absolute atomic E-state index is 14.3. The maximum Gasteiger partial charge on any atom is 0.247 e. The fourth-order valence-corrected chi connectivity index (χ4v) is 5.82. The molecule has 2 fully saturated rings. The van der Waals surface area contributed by atoms with Crippen LogP contribution in [0.2, 0.25) is 0 Å². The van der Waals surface area contributed by atoms with E-state index >= 15 is 0 Å². The second-order valence-electron chi connectivity index (χ2n) is 10.4. The van der Waals surface area contributed by atoms with Gasteiger partial charge in [-0.05, 0) is 37.9 Å². The molecule has 8 heteroatoms. The molecule has 3 N–H and O–H groups in total. The number of nitrogens with one attached hydrogen (secondary N) is 3. The number of hydrogen-bond donors (Lipinski definition) is 3. The summed E-state index contributed by atoms with van der Waals surface area (Å²) in [5, 5.41) is 9.08. The number of amides is 3. The molecule has 0 radical (unpaired) electrons. The number of nitrogens with zero attached hydrogens (tertiary/aromatic N) is 1. The van der Waals surface area contributed by atoms with Crippen LogP contribution in [-0.2, 0) is 19.1 Å². The third-order valence-electron chi connectivity index (χ3n) is 8.37. The van der Waals surface area contributed by atoms with E-state index in [0.29, 0.717) is 19.4 Å². The molecule has 4 rings (SSSR count). The van der Waals surface area contributed by atoms with Gasteiger partial charge < -0.3 is 25.6 Å². The van der Waals surface area contributed by atoms with E-state index in [9.17, 15) is 14.4 Å². The van der Waals surface area contributed by atoms with Crippen molar-refractivity contribution in [2.75, 3.05) is 13.7 Å². The smallest absolute Gasteiger partial charge is 0.247 e. The Bertz CT molecular complexity index is 1070. The number of ether oxygens (including phenoxy) is 1. The molecule has 2 heterocycles. The Labute approximate surface area is 225 Å². The summed E-state index contributed by atoms with van der Waals surface area (Å²) >= 11 is 0. The van der Waals surface area contributed by atoms with E-state index in [1.807, 2.05) is 60.7 Å². The Morgan fingerprint density at radius 2 is 1.61 bits per heavy atom. The topological polar surface area (TPSA) is 99.8 Å². The zero-order valence-electron chi connectivity index (χ0n) is 22.8. The lowest BCUT2D eigenvalue weighted by Crippen LogP contribution is -2.59. The molecule has 2 saturated heterocycles. The van der Waals surface area contributed by atoms with Crippen LogP contribution in [0, 0.1) is 5.41 Å². The summed E-state index contributed by atoms with van der Waals surface area (Å²) in [6.45, 7) is 6.22. The van der Waals surface area contributed by atoms with E-state index in [2.05, 4.69) is 29.8 Å². The summed E-state index contributed by atoms with van der Waals surface area (Å²) < 4.78 is 6.17. The van der Waals surface area contributed by atoms with Gasteiger partial charge in [-0.15, -0.1) is 0 Å². The van der Waals surface area contributed by atoms with Gasteiger partial charge in [-0.25, -0.2) is 0 Å². The van der Waals surface area contributed by atoms with Crippen molar-refractivity contribution >= 4 is 17.7 Å². The summed E-state index contributed by atoms with van der Waals surface area (Å²) in [6, 6.07) is 17.4. The van der Waals surface area contributed by atoms with Crippen LogP contribution < -0.4 is 16.0 Å². The molecule has 0 spiro atoms. The lowest BCUT2D eigenvalue weighted by molar-refractivity contribution is -0.150. The predicted octanol–water partition coefficient (Wildman–Crippen LogP) is 3.14. The first-order chi connectivity index (χ1) is 18.3. The Balaban J connectivity index is 1.68. The Morgan fingerprint density at radius 1 is 1.03 bits per heavy atom. The van der Waals surface area contributed by atoms with E-state index < -0.39 is 29.8 Å². The predicted molar refractivity (Wildman–Crippen MR) is 146 cm³/mol. The number of fused-ring (bicyclic) bond motifs is 1. The molecule has 0 aliphatic carbocycles. The highest BCUT2D eigenvalue weighted by Crippen LogP contribution is 2.48. The van der Waals surface area contributed by atoms with Crippen molar-refractivity contribution in [3.05, 3.63) is 71.8 Å². The van der Waals surface area contributed by atoms with Gasteiger partial charge in [0.2, 0.25) is 17.7 Å². The number of carbonyl (C=O) groups excluding carboxylic acids is 3. The lowest BCUT2D eigenvalue weighted by atomic mass is 9.74. The molecule has 8 nitrogen and oxygen atoms in total. The van der Waals surface area contributed by atoms with Gasteiger partial charge in [-0.3, -0.25) is 14.4 Å². The third kappa shape index (κ3) is 5.47. The second-order valence-corrected chi connectivity index (χ2v) is 10.4. The lowest BCUT2D eigenvalue weighted by Gasteiger charge is -2.37. The van der Waals surface area contributed by atoms with Crippen LogP contribution >= 0.6 is 0 Å². The second kappa shape index (κ2) is 12.1. The SMILES string of the molecule is CCC1(CC)CC2OCC[C@H](NC(=O)[C@H](C)NC)C(=O)N2C1C(=O)NC(c1ccccc1)c1ccccc1. The molecule has 2 aliphatic heterocycles. The standard InChI is InChI=1S/C30H40N4O4/c1-5-30(6-2)19-24-34(29(37)23(17-18-38-24)32-27(35)20(3)31-4)26(30)28(36)33-25(21-13-9-7-10-14-21)22-15-11-8-12-16-22/h7-16,20,23-26,31H,5-6,17-19H2,1-4H3,(H,32,35)(H,33,36)/t20-,23-,24?,26?/m0/s1. The van der Waals surface area contributed by atoms with Crippen molar-refractivity contribution < 1.29 is 19.1 Å². The van der Waals surface area contributed by atoms with Crippen molar-refractivity contribution in [1.82, 2.24) is 20.9 Å². The van der Waals surface area contributed by atoms with E-state index in [1.54, 1.807) is 18.9 Å². The van der Waals surface area contributed by atoms with E-state index in [1.165, 1.54) is 0 Å². The van der Waals surface area contributed by atoms with Crippen molar-refractivity contribution in [1.29, 1.82) is 0 Å². The number of rotatable bonds is 9. The summed E-state index contributed by atoms with van der Waals surface area (Å²) in [6.07, 6.45) is 1.89. The van der Waals surface area contributed by atoms with Gasteiger partial charge in [0.1, 0.15) is 18.3 Å². The summed E-state index contributed by atoms with van der Waals surface area (Å²) in [5.41, 5.74) is 1.49. The number of carbonyl (C=O) groups is 3. The van der Waals surface area contributed by atoms with Gasteiger partial charge >= 0.3 is 0 Å². The van der Waals surface area contributed by atoms with Gasteiger partial charge in [0, 0.05) is 18.3 Å². The first kappa shape index (κ1) is 27.8. The molecule has 2 aliphatic rings. The summed E-state index contributed by atoms with van der Waals surface area (Å²) in [7, 11) is 1.70. The maximum atomic E-state index is 14.3. The van der Waals surface area contributed by atoms with Gasteiger partial charge in [-0.1, -0.05) is 74.5 Å². The van der Waals surface area contributed by atoms with Crippen LogP contribution in [0.15, 0.2) is 60.7 Å². The van der Waals surface area contributed by atoms with Crippen molar-refractivity contribution in [3.63, 3.8) is 0 Å². The highest BCUT2D eigenvalue weighted by molar-refractivity contribution is 5.94. The van der Waals surface area contributed by atoms with Crippen LogP contribution in [0.3, 0.4) is 0 Å². The monoisotopic (exact) mass is 520 g/mol. The summed E-state index contributed by atoms with van der Waals surface area (Å²) in [4.78, 5) is 42.5. The van der Waals surface area contributed by atoms with Gasteiger partial charge in [-0.2, -0.15) is 0 Å². The van der Waals surface area contributed by atoms with Crippen LogP contribution in [0.4, 0.5) is 0 Å². The van der Waals surface area contributed by atoms with Crippen LogP contribution in [0.5, 0.6) is 0 Å². The highest BCUT2D eigenvalue weighted by Gasteiger charge is 2.57. The highest BCUT2D eigenvalue weighted by atomic mass is 16.5. The van der Waals surface area contributed by atoms with E-state index in [0.717, 1.165) is 24.0 Å². The number of benzene rings is 2. The van der Waals surface area contributed by atoms with Crippen molar-refractivity contribution in [2.45, 2.75) is 76.8 Å². The molecule has 0 saturated carbocycles. The zero-order valence-corrected chi connectivity index (χ0v) is 22.8. The minimum atomic E-state index is -0.748. The van der Waals surface area contributed by atoms with Crippen LogP contribution in [0.1, 0.15) is 63.6 Å². The fraction of sp³-hybridized carbons (Fsp3) is 0.500. The molecule has 2 aromatic carbocycles. The van der Waals surface area contributed by atoms with Crippen molar-refractivity contribution in [2.24, 2.45) is 5.41 Å². The first-order valence-corrected chi connectivity index (χ1v) is 13.7. The zero-order chi connectivity index (χ0) is 27.3. The molecule has 3 amide bonds. The minimum Gasteiger partial charge on any atom is -0.358 e. The quantitative estimate of drug-likeness (QED) is 0.472. The normalized spacial score (nSPS) is 23.4. The molecule has 2 unspecified atom stereocenters. The molecular weight excluding hydrogens is 480 g/mol. The van der Waals surface area contributed by atoms with E-state index in [-0.39, 0.29) is 23.8 Å². The first-order valence-electron chi connectivity index (χ1n) is 13.7. The largest absolute Gasteiger partial charge is 0.358 e. The minimum absolute atomic E-state index is 0.207.